The summed E-state index contributed by atoms with van der Waals surface area (Å²) in [4.78, 5) is 9.61. The second kappa shape index (κ2) is 5.11. The number of thiazole rings is 1. The monoisotopic (exact) mass is 356 g/mol. The highest BCUT2D eigenvalue weighted by Crippen LogP contribution is 2.24. The van der Waals surface area contributed by atoms with Gasteiger partial charge >= 0.3 is 0 Å². The van der Waals surface area contributed by atoms with E-state index in [0.29, 0.717) is 11.7 Å². The zero-order valence-corrected chi connectivity index (χ0v) is 13.2. The summed E-state index contributed by atoms with van der Waals surface area (Å²) in [6, 6.07) is 1.91. The van der Waals surface area contributed by atoms with Gasteiger partial charge in [0.1, 0.15) is 0 Å². The highest BCUT2D eigenvalue weighted by Gasteiger charge is 2.10. The smallest absolute Gasteiger partial charge is 0.194 e. The molecule has 7 heteroatoms. The van der Waals surface area contributed by atoms with Gasteiger partial charge in [-0.3, -0.25) is 4.40 Å². The normalized spacial score (nSPS) is 11.1. The summed E-state index contributed by atoms with van der Waals surface area (Å²) in [6.45, 7) is 2.67. The number of imidazole rings is 1. The Morgan fingerprint density at radius 2 is 2.37 bits per heavy atom. The van der Waals surface area contributed by atoms with Crippen LogP contribution in [0.3, 0.4) is 0 Å². The van der Waals surface area contributed by atoms with Crippen LogP contribution in [0.15, 0.2) is 28.3 Å². The quantitative estimate of drug-likeness (QED) is 0.717. The van der Waals surface area contributed by atoms with Gasteiger partial charge in [-0.25, -0.2) is 9.97 Å². The molecule has 98 valence electrons. The van der Waals surface area contributed by atoms with Gasteiger partial charge in [0.25, 0.3) is 0 Å². The Balaban J connectivity index is 1.87. The minimum atomic E-state index is 0.465. The van der Waals surface area contributed by atoms with Gasteiger partial charge in [-0.1, -0.05) is 11.6 Å². The standard InChI is InChI=1S/C12H10BrClN4S/c1-7-10(18-2-3-19-12(18)17-7)6-15-9-4-8(13)5-16-11(9)14/h2-5,15H,6H2,1H3. The van der Waals surface area contributed by atoms with Crippen molar-refractivity contribution in [1.29, 1.82) is 0 Å². The molecule has 0 saturated heterocycles. The third kappa shape index (κ3) is 2.48. The number of hydrogen-bond donors (Lipinski definition) is 1. The Morgan fingerprint density at radius 1 is 1.53 bits per heavy atom. The summed E-state index contributed by atoms with van der Waals surface area (Å²) in [5, 5.41) is 5.79. The van der Waals surface area contributed by atoms with Crippen LogP contribution in [0.25, 0.3) is 4.96 Å². The molecule has 0 radical (unpaired) electrons. The lowest BCUT2D eigenvalue weighted by Crippen LogP contribution is -2.04. The number of fused-ring (bicyclic) bond motifs is 1. The summed E-state index contributed by atoms with van der Waals surface area (Å²) >= 11 is 11.1. The molecule has 0 atom stereocenters. The molecule has 0 aromatic carbocycles. The Bertz CT molecular complexity index is 736. The van der Waals surface area contributed by atoms with Crippen LogP contribution >= 0.6 is 38.9 Å². The van der Waals surface area contributed by atoms with Crippen molar-refractivity contribution in [2.45, 2.75) is 13.5 Å². The molecule has 0 amide bonds. The van der Waals surface area contributed by atoms with Gasteiger partial charge in [0.05, 0.1) is 23.6 Å². The van der Waals surface area contributed by atoms with Crippen LogP contribution in [0.1, 0.15) is 11.4 Å². The van der Waals surface area contributed by atoms with Crippen molar-refractivity contribution in [3.05, 3.63) is 44.9 Å². The van der Waals surface area contributed by atoms with E-state index in [9.17, 15) is 0 Å². The van der Waals surface area contributed by atoms with Crippen LogP contribution in [0.4, 0.5) is 5.69 Å². The van der Waals surface area contributed by atoms with Gasteiger partial charge in [0.2, 0.25) is 0 Å². The second-order valence-corrected chi connectivity index (χ2v) is 6.19. The van der Waals surface area contributed by atoms with E-state index in [1.54, 1.807) is 17.5 Å². The number of nitrogens with one attached hydrogen (secondary N) is 1. The molecule has 19 heavy (non-hydrogen) atoms. The molecule has 0 fully saturated rings. The Morgan fingerprint density at radius 3 is 3.21 bits per heavy atom. The van der Waals surface area contributed by atoms with Gasteiger partial charge in [-0.15, -0.1) is 11.3 Å². The van der Waals surface area contributed by atoms with E-state index >= 15 is 0 Å². The first-order valence-electron chi connectivity index (χ1n) is 5.61. The summed E-state index contributed by atoms with van der Waals surface area (Å²) in [5.41, 5.74) is 2.96. The molecule has 3 aromatic rings. The predicted molar refractivity (Wildman–Crippen MR) is 82.1 cm³/mol. The number of aryl methyl sites for hydroxylation is 1. The van der Waals surface area contributed by atoms with Crippen LogP contribution in [-0.4, -0.2) is 14.4 Å². The molecular weight excluding hydrogens is 348 g/mol. The van der Waals surface area contributed by atoms with Crippen LogP contribution in [0.5, 0.6) is 0 Å². The average molecular weight is 358 g/mol. The van der Waals surface area contributed by atoms with E-state index < -0.39 is 0 Å². The number of halogens is 2. The van der Waals surface area contributed by atoms with Crippen LogP contribution in [0, 0.1) is 6.92 Å². The Kier molecular flexibility index (Phi) is 3.47. The molecule has 0 spiro atoms. The highest BCUT2D eigenvalue weighted by atomic mass is 79.9. The van der Waals surface area contributed by atoms with E-state index in [1.807, 2.05) is 24.6 Å². The summed E-state index contributed by atoms with van der Waals surface area (Å²) in [6.07, 6.45) is 3.70. The molecule has 0 bridgehead atoms. The van der Waals surface area contributed by atoms with Crippen molar-refractivity contribution < 1.29 is 0 Å². The van der Waals surface area contributed by atoms with Gasteiger partial charge < -0.3 is 5.32 Å². The average Bonchev–Trinajstić information content (AvgIpc) is 2.92. The number of nitrogens with zero attached hydrogens (tertiary/aromatic N) is 3. The molecule has 0 aliphatic carbocycles. The first-order chi connectivity index (χ1) is 9.15. The largest absolute Gasteiger partial charge is 0.377 e. The number of pyridine rings is 1. The fourth-order valence-electron chi connectivity index (χ4n) is 1.88. The molecule has 3 heterocycles. The van der Waals surface area contributed by atoms with Crippen molar-refractivity contribution in [3.8, 4) is 0 Å². The van der Waals surface area contributed by atoms with Crippen LogP contribution in [0.2, 0.25) is 5.15 Å². The van der Waals surface area contributed by atoms with Gasteiger partial charge in [-0.2, -0.15) is 0 Å². The van der Waals surface area contributed by atoms with Crippen molar-refractivity contribution in [1.82, 2.24) is 14.4 Å². The number of aromatic nitrogens is 3. The van der Waals surface area contributed by atoms with Crippen molar-refractivity contribution in [2.75, 3.05) is 5.32 Å². The lowest BCUT2D eigenvalue weighted by atomic mass is 10.3. The fraction of sp³-hybridized carbons (Fsp3) is 0.167. The summed E-state index contributed by atoms with van der Waals surface area (Å²) in [7, 11) is 0. The van der Waals surface area contributed by atoms with Gasteiger partial charge in [0, 0.05) is 22.2 Å². The maximum absolute atomic E-state index is 6.06. The first-order valence-corrected chi connectivity index (χ1v) is 7.66. The molecule has 3 aromatic heterocycles. The number of hydrogen-bond acceptors (Lipinski definition) is 4. The predicted octanol–water partition coefficient (Wildman–Crippen LogP) is 4.13. The highest BCUT2D eigenvalue weighted by molar-refractivity contribution is 9.10. The van der Waals surface area contributed by atoms with Crippen molar-refractivity contribution in [3.63, 3.8) is 0 Å². The van der Waals surface area contributed by atoms with Gasteiger partial charge in [-0.05, 0) is 28.9 Å². The SMILES string of the molecule is Cc1nc2sccn2c1CNc1cc(Br)cnc1Cl. The van der Waals surface area contributed by atoms with Gasteiger partial charge in [0.15, 0.2) is 10.1 Å². The molecule has 0 saturated carbocycles. The summed E-state index contributed by atoms with van der Waals surface area (Å²) in [5.74, 6) is 0. The fourth-order valence-corrected chi connectivity index (χ4v) is 3.16. The topological polar surface area (TPSA) is 42.2 Å². The van der Waals surface area contributed by atoms with Crippen molar-refractivity contribution in [2.24, 2.45) is 0 Å². The second-order valence-electron chi connectivity index (χ2n) is 4.04. The van der Waals surface area contributed by atoms with Crippen LogP contribution in [-0.2, 0) is 6.54 Å². The molecule has 0 aliphatic heterocycles. The first kappa shape index (κ1) is 12.9. The Hall–Kier alpha value is -1.11. The number of rotatable bonds is 3. The zero-order chi connectivity index (χ0) is 13.4. The zero-order valence-electron chi connectivity index (χ0n) is 10.0. The lowest BCUT2D eigenvalue weighted by molar-refractivity contribution is 0.992. The molecule has 3 rings (SSSR count). The minimum Gasteiger partial charge on any atom is -0.377 e. The van der Waals surface area contributed by atoms with E-state index in [4.69, 9.17) is 11.6 Å². The third-order valence-electron chi connectivity index (χ3n) is 2.81. The van der Waals surface area contributed by atoms with Crippen LogP contribution < -0.4 is 5.32 Å². The molecule has 1 N–H and O–H groups in total. The van der Waals surface area contributed by atoms with Crippen molar-refractivity contribution >= 4 is 49.5 Å². The molecule has 0 aliphatic rings. The van der Waals surface area contributed by atoms with E-state index in [-0.39, 0.29) is 0 Å². The van der Waals surface area contributed by atoms with E-state index in [2.05, 4.69) is 35.6 Å². The van der Waals surface area contributed by atoms with E-state index in [1.165, 1.54) is 0 Å². The lowest BCUT2D eigenvalue weighted by Gasteiger charge is -2.08. The maximum Gasteiger partial charge on any atom is 0.194 e. The van der Waals surface area contributed by atoms with E-state index in [0.717, 1.165) is 26.5 Å². The molecule has 4 nitrogen and oxygen atoms in total. The molecular formula is C12H10BrClN4S. The minimum absolute atomic E-state index is 0.465. The summed E-state index contributed by atoms with van der Waals surface area (Å²) < 4.78 is 2.98. The molecule has 0 unspecified atom stereocenters. The third-order valence-corrected chi connectivity index (χ3v) is 4.30. The Labute approximate surface area is 127 Å². The maximum atomic E-state index is 6.06. The number of anilines is 1.